The van der Waals surface area contributed by atoms with Crippen molar-refractivity contribution in [2.45, 2.75) is 57.8 Å². The number of aryl methyl sites for hydroxylation is 1. The van der Waals surface area contributed by atoms with Gasteiger partial charge in [0.25, 0.3) is 5.92 Å². The lowest BCUT2D eigenvalue weighted by atomic mass is 9.87. The number of aromatic nitrogens is 5. The second kappa shape index (κ2) is 9.41. The number of halogens is 2. The minimum Gasteiger partial charge on any atom is -0.354 e. The molecule has 200 valence electrons. The van der Waals surface area contributed by atoms with Crippen molar-refractivity contribution in [3.05, 3.63) is 47.2 Å². The van der Waals surface area contributed by atoms with Gasteiger partial charge in [0.2, 0.25) is 5.91 Å². The number of hydrogen-bond acceptors (Lipinski definition) is 5. The van der Waals surface area contributed by atoms with E-state index < -0.39 is 5.92 Å². The Hall–Kier alpha value is -3.40. The fourth-order valence-electron chi connectivity index (χ4n) is 6.15. The number of rotatable bonds is 5. The van der Waals surface area contributed by atoms with Gasteiger partial charge in [-0.05, 0) is 76.9 Å². The van der Waals surface area contributed by atoms with Crippen LogP contribution in [0.15, 0.2) is 30.5 Å². The number of carbonyl (C=O) groups is 1. The van der Waals surface area contributed by atoms with Crippen molar-refractivity contribution in [3.8, 4) is 11.3 Å². The quantitative estimate of drug-likeness (QED) is 0.410. The van der Waals surface area contributed by atoms with E-state index >= 15 is 0 Å². The molecule has 1 amide bonds. The fraction of sp³-hybridized carbons (Fsp3) is 0.500. The summed E-state index contributed by atoms with van der Waals surface area (Å²) in [7, 11) is 0. The summed E-state index contributed by atoms with van der Waals surface area (Å²) in [5, 5.41) is 13.2. The van der Waals surface area contributed by atoms with Crippen LogP contribution in [0.4, 0.5) is 8.78 Å². The summed E-state index contributed by atoms with van der Waals surface area (Å²) in [6.45, 7) is 7.82. The Balaban J connectivity index is 1.21. The topological polar surface area (TPSA) is 82.4 Å². The largest absolute Gasteiger partial charge is 0.354 e. The summed E-state index contributed by atoms with van der Waals surface area (Å²) in [6, 6.07) is 8.78. The SMILES string of the molecule is Cc1cc(-c2[nH]c3ccc(C4CCN(C(=O)CN5CCC(F)(F)C5)CC4)cc3c2C(C)C)cn2nnnc12. The number of amides is 1. The van der Waals surface area contributed by atoms with E-state index in [0.29, 0.717) is 24.9 Å². The van der Waals surface area contributed by atoms with Gasteiger partial charge in [-0.3, -0.25) is 9.69 Å². The zero-order valence-electron chi connectivity index (χ0n) is 22.0. The van der Waals surface area contributed by atoms with Crippen LogP contribution < -0.4 is 0 Å². The molecule has 10 heteroatoms. The lowest BCUT2D eigenvalue weighted by Gasteiger charge is -2.33. The monoisotopic (exact) mass is 521 g/mol. The minimum atomic E-state index is -2.67. The molecule has 0 radical (unpaired) electrons. The highest BCUT2D eigenvalue weighted by molar-refractivity contribution is 5.92. The van der Waals surface area contributed by atoms with Crippen LogP contribution in [-0.4, -0.2) is 79.4 Å². The second-order valence-corrected chi connectivity index (χ2v) is 11.2. The first-order valence-corrected chi connectivity index (χ1v) is 13.4. The van der Waals surface area contributed by atoms with Crippen LogP contribution in [0.2, 0.25) is 0 Å². The maximum atomic E-state index is 13.5. The number of H-pyrrole nitrogens is 1. The van der Waals surface area contributed by atoms with E-state index in [1.165, 1.54) is 16.5 Å². The Morgan fingerprint density at radius 2 is 1.97 bits per heavy atom. The van der Waals surface area contributed by atoms with Gasteiger partial charge in [0.15, 0.2) is 5.65 Å². The van der Waals surface area contributed by atoms with Gasteiger partial charge >= 0.3 is 0 Å². The first-order chi connectivity index (χ1) is 18.2. The van der Waals surface area contributed by atoms with Gasteiger partial charge in [-0.1, -0.05) is 19.9 Å². The van der Waals surface area contributed by atoms with Gasteiger partial charge in [-0.25, -0.2) is 8.78 Å². The molecule has 8 nitrogen and oxygen atoms in total. The normalized spacial score (nSPS) is 18.8. The number of nitrogens with zero attached hydrogens (tertiary/aromatic N) is 6. The van der Waals surface area contributed by atoms with Crippen LogP contribution in [-0.2, 0) is 4.79 Å². The van der Waals surface area contributed by atoms with E-state index in [4.69, 9.17) is 0 Å². The van der Waals surface area contributed by atoms with E-state index in [1.807, 2.05) is 18.0 Å². The van der Waals surface area contributed by atoms with Crippen LogP contribution >= 0.6 is 0 Å². The Kier molecular flexibility index (Phi) is 6.17. The van der Waals surface area contributed by atoms with Crippen LogP contribution in [0.25, 0.3) is 27.8 Å². The van der Waals surface area contributed by atoms with Crippen LogP contribution in [0, 0.1) is 6.92 Å². The van der Waals surface area contributed by atoms with Gasteiger partial charge in [0, 0.05) is 48.7 Å². The molecule has 38 heavy (non-hydrogen) atoms. The van der Waals surface area contributed by atoms with Gasteiger partial charge in [0.05, 0.1) is 18.8 Å². The lowest BCUT2D eigenvalue weighted by molar-refractivity contribution is -0.133. The third-order valence-electron chi connectivity index (χ3n) is 8.13. The Morgan fingerprint density at radius 3 is 2.68 bits per heavy atom. The predicted octanol–water partition coefficient (Wildman–Crippen LogP) is 4.75. The zero-order valence-corrected chi connectivity index (χ0v) is 22.0. The molecular formula is C28H33F2N7O. The highest BCUT2D eigenvalue weighted by Crippen LogP contribution is 2.38. The van der Waals surface area contributed by atoms with Crippen molar-refractivity contribution in [2.75, 3.05) is 32.7 Å². The lowest BCUT2D eigenvalue weighted by Crippen LogP contribution is -2.43. The summed E-state index contributed by atoms with van der Waals surface area (Å²) in [5.74, 6) is -2.05. The highest BCUT2D eigenvalue weighted by Gasteiger charge is 2.39. The molecule has 2 fully saturated rings. The number of likely N-dealkylation sites (tertiary alicyclic amines) is 2. The highest BCUT2D eigenvalue weighted by atomic mass is 19.3. The first-order valence-electron chi connectivity index (χ1n) is 13.4. The Bertz CT molecular complexity index is 1500. The third-order valence-corrected chi connectivity index (χ3v) is 8.13. The molecular weight excluding hydrogens is 488 g/mol. The van der Waals surface area contributed by atoms with E-state index in [-0.39, 0.29) is 32.0 Å². The van der Waals surface area contributed by atoms with Gasteiger partial charge < -0.3 is 9.88 Å². The van der Waals surface area contributed by atoms with Crippen molar-refractivity contribution in [2.24, 2.45) is 0 Å². The van der Waals surface area contributed by atoms with Crippen molar-refractivity contribution in [1.82, 2.24) is 34.8 Å². The number of carbonyl (C=O) groups excluding carboxylic acids is 1. The number of piperidine rings is 1. The van der Waals surface area contributed by atoms with Crippen molar-refractivity contribution in [1.29, 1.82) is 0 Å². The second-order valence-electron chi connectivity index (χ2n) is 11.2. The maximum Gasteiger partial charge on any atom is 0.261 e. The summed E-state index contributed by atoms with van der Waals surface area (Å²) in [6.07, 6.45) is 3.56. The number of benzene rings is 1. The Labute approximate surface area is 220 Å². The first kappa shape index (κ1) is 24.9. The molecule has 4 aromatic rings. The molecule has 3 aromatic heterocycles. The minimum absolute atomic E-state index is 0.0381. The average Bonchev–Trinajstić information content (AvgIpc) is 3.60. The number of aromatic amines is 1. The summed E-state index contributed by atoms with van der Waals surface area (Å²) < 4.78 is 28.7. The third kappa shape index (κ3) is 4.55. The van der Waals surface area contributed by atoms with Gasteiger partial charge in [-0.2, -0.15) is 4.52 Å². The molecule has 0 saturated carbocycles. The van der Waals surface area contributed by atoms with E-state index in [2.05, 4.69) is 58.6 Å². The molecule has 1 N–H and O–H groups in total. The Morgan fingerprint density at radius 1 is 1.18 bits per heavy atom. The fourth-order valence-corrected chi connectivity index (χ4v) is 6.15. The maximum absolute atomic E-state index is 13.5. The number of tetrazole rings is 1. The van der Waals surface area contributed by atoms with Crippen LogP contribution in [0.5, 0.6) is 0 Å². The standard InChI is InChI=1S/C28H33F2N7O/c1-17(2)25-22-13-20(19-6-9-36(10-7-19)24(38)15-35-11-8-28(29,30)16-35)4-5-23(22)31-26(25)21-12-18(3)27-32-33-34-37(27)14-21/h4-5,12-14,17,19,31H,6-11,15-16H2,1-3H3. The molecule has 0 bridgehead atoms. The van der Waals surface area contributed by atoms with Crippen molar-refractivity contribution in [3.63, 3.8) is 0 Å². The zero-order chi connectivity index (χ0) is 26.6. The van der Waals surface area contributed by atoms with E-state index in [1.54, 1.807) is 9.42 Å². The smallest absolute Gasteiger partial charge is 0.261 e. The molecule has 0 aliphatic carbocycles. The molecule has 0 spiro atoms. The van der Waals surface area contributed by atoms with Crippen LogP contribution in [0.1, 0.15) is 61.6 Å². The van der Waals surface area contributed by atoms with Gasteiger partial charge in [-0.15, -0.1) is 5.10 Å². The summed E-state index contributed by atoms with van der Waals surface area (Å²) in [4.78, 5) is 19.8. The molecule has 2 saturated heterocycles. The molecule has 6 rings (SSSR count). The number of fused-ring (bicyclic) bond motifs is 2. The molecule has 5 heterocycles. The van der Waals surface area contributed by atoms with E-state index in [0.717, 1.165) is 40.8 Å². The number of nitrogens with one attached hydrogen (secondary N) is 1. The molecule has 0 unspecified atom stereocenters. The van der Waals surface area contributed by atoms with E-state index in [9.17, 15) is 13.6 Å². The van der Waals surface area contributed by atoms with Gasteiger partial charge in [0.1, 0.15) is 0 Å². The molecule has 2 aliphatic rings. The van der Waals surface area contributed by atoms with Crippen LogP contribution in [0.3, 0.4) is 0 Å². The predicted molar refractivity (Wildman–Crippen MR) is 141 cm³/mol. The number of alkyl halides is 2. The van der Waals surface area contributed by atoms with Crippen molar-refractivity contribution >= 4 is 22.5 Å². The molecule has 0 atom stereocenters. The summed E-state index contributed by atoms with van der Waals surface area (Å²) in [5.41, 5.74) is 7.54. The van der Waals surface area contributed by atoms with Crippen molar-refractivity contribution < 1.29 is 13.6 Å². The molecule has 1 aromatic carbocycles. The average molecular weight is 522 g/mol. The summed E-state index contributed by atoms with van der Waals surface area (Å²) >= 11 is 0. The molecule has 2 aliphatic heterocycles. The number of hydrogen-bond donors (Lipinski definition) is 1. The number of pyridine rings is 1.